The minimum Gasteiger partial charge on any atom is -0.493 e. The Labute approximate surface area is 156 Å². The Balaban J connectivity index is 1.96. The SMILES string of the molecule is CCOc1ccc2ccccc2c1/C=C(\C#N)C(=O)NCc1cccs1. The summed E-state index contributed by atoms with van der Waals surface area (Å²) in [5.74, 6) is 0.265. The van der Waals surface area contributed by atoms with E-state index < -0.39 is 5.91 Å². The molecule has 3 rings (SSSR count). The predicted molar refractivity (Wildman–Crippen MR) is 105 cm³/mol. The van der Waals surface area contributed by atoms with E-state index in [2.05, 4.69) is 5.32 Å². The van der Waals surface area contributed by atoms with Crippen molar-refractivity contribution in [1.82, 2.24) is 5.32 Å². The zero-order valence-corrected chi connectivity index (χ0v) is 15.2. The molecule has 2 aromatic carbocycles. The van der Waals surface area contributed by atoms with Crippen LogP contribution in [0, 0.1) is 11.3 Å². The number of ether oxygens (including phenoxy) is 1. The second-order valence-corrected chi connectivity index (χ2v) is 6.60. The van der Waals surface area contributed by atoms with Crippen molar-refractivity contribution in [3.63, 3.8) is 0 Å². The number of nitrogens with one attached hydrogen (secondary N) is 1. The summed E-state index contributed by atoms with van der Waals surface area (Å²) in [5, 5.41) is 16.2. The van der Waals surface area contributed by atoms with E-state index in [0.717, 1.165) is 21.2 Å². The van der Waals surface area contributed by atoms with Gasteiger partial charge in [0.1, 0.15) is 17.4 Å². The van der Waals surface area contributed by atoms with Gasteiger partial charge in [-0.1, -0.05) is 36.4 Å². The minimum absolute atomic E-state index is 0.0545. The lowest BCUT2D eigenvalue weighted by atomic mass is 10.0. The molecule has 1 N–H and O–H groups in total. The summed E-state index contributed by atoms with van der Waals surface area (Å²) in [4.78, 5) is 13.5. The highest BCUT2D eigenvalue weighted by atomic mass is 32.1. The molecule has 0 radical (unpaired) electrons. The zero-order chi connectivity index (χ0) is 18.4. The van der Waals surface area contributed by atoms with Crippen LogP contribution in [0.4, 0.5) is 0 Å². The monoisotopic (exact) mass is 362 g/mol. The van der Waals surface area contributed by atoms with Gasteiger partial charge in [-0.15, -0.1) is 11.3 Å². The quantitative estimate of drug-likeness (QED) is 0.518. The molecule has 0 unspecified atom stereocenters. The van der Waals surface area contributed by atoms with Gasteiger partial charge in [0, 0.05) is 10.4 Å². The van der Waals surface area contributed by atoms with Gasteiger partial charge in [0.05, 0.1) is 13.2 Å². The van der Waals surface area contributed by atoms with Crippen LogP contribution in [0.2, 0.25) is 0 Å². The Morgan fingerprint density at radius 1 is 1.23 bits per heavy atom. The Morgan fingerprint density at radius 3 is 2.81 bits per heavy atom. The molecule has 1 aromatic heterocycles. The molecule has 130 valence electrons. The summed E-state index contributed by atoms with van der Waals surface area (Å²) in [6, 6.07) is 17.6. The molecule has 0 spiro atoms. The topological polar surface area (TPSA) is 62.1 Å². The maximum atomic E-state index is 12.4. The Bertz CT molecular complexity index is 985. The van der Waals surface area contributed by atoms with Crippen LogP contribution < -0.4 is 10.1 Å². The summed E-state index contributed by atoms with van der Waals surface area (Å²) in [6.45, 7) is 2.82. The van der Waals surface area contributed by atoms with Crippen molar-refractivity contribution in [1.29, 1.82) is 5.26 Å². The van der Waals surface area contributed by atoms with Crippen LogP contribution in [0.25, 0.3) is 16.8 Å². The number of hydrogen-bond acceptors (Lipinski definition) is 4. The zero-order valence-electron chi connectivity index (χ0n) is 14.4. The highest BCUT2D eigenvalue weighted by Gasteiger charge is 2.13. The highest BCUT2D eigenvalue weighted by molar-refractivity contribution is 7.09. The van der Waals surface area contributed by atoms with E-state index in [1.807, 2.05) is 66.9 Å². The molecule has 0 saturated heterocycles. The largest absolute Gasteiger partial charge is 0.493 e. The number of nitrogens with zero attached hydrogens (tertiary/aromatic N) is 1. The second-order valence-electron chi connectivity index (χ2n) is 5.56. The summed E-state index contributed by atoms with van der Waals surface area (Å²) in [5.41, 5.74) is 0.798. The average Bonchev–Trinajstić information content (AvgIpc) is 3.19. The first-order valence-electron chi connectivity index (χ1n) is 8.30. The van der Waals surface area contributed by atoms with Crippen molar-refractivity contribution in [2.45, 2.75) is 13.5 Å². The van der Waals surface area contributed by atoms with Crippen molar-refractivity contribution >= 4 is 34.1 Å². The molecule has 0 saturated carbocycles. The van der Waals surface area contributed by atoms with E-state index in [1.54, 1.807) is 17.4 Å². The fourth-order valence-corrected chi connectivity index (χ4v) is 3.32. The van der Waals surface area contributed by atoms with Gasteiger partial charge in [-0.2, -0.15) is 5.26 Å². The smallest absolute Gasteiger partial charge is 0.262 e. The molecule has 0 aliphatic rings. The maximum absolute atomic E-state index is 12.4. The first kappa shape index (κ1) is 17.7. The van der Waals surface area contributed by atoms with E-state index in [-0.39, 0.29) is 5.57 Å². The van der Waals surface area contributed by atoms with Crippen LogP contribution in [0.15, 0.2) is 59.5 Å². The Morgan fingerprint density at radius 2 is 2.08 bits per heavy atom. The van der Waals surface area contributed by atoms with Gasteiger partial charge in [0.25, 0.3) is 5.91 Å². The Kier molecular flexibility index (Phi) is 5.67. The highest BCUT2D eigenvalue weighted by Crippen LogP contribution is 2.30. The van der Waals surface area contributed by atoms with Crippen molar-refractivity contribution < 1.29 is 9.53 Å². The molecule has 1 amide bonds. The number of carbonyl (C=O) groups is 1. The lowest BCUT2D eigenvalue weighted by Crippen LogP contribution is -2.23. The summed E-state index contributed by atoms with van der Waals surface area (Å²) >= 11 is 1.56. The fraction of sp³-hybridized carbons (Fsp3) is 0.143. The molecule has 1 heterocycles. The lowest BCUT2D eigenvalue weighted by Gasteiger charge is -2.11. The predicted octanol–water partition coefficient (Wildman–Crippen LogP) is 4.52. The standard InChI is InChI=1S/C21H18N2O2S/c1-2-25-20-10-9-15-6-3-4-8-18(15)19(20)12-16(13-22)21(24)23-14-17-7-5-11-26-17/h3-12H,2,14H2,1H3,(H,23,24)/b16-12+. The molecule has 0 atom stereocenters. The first-order valence-corrected chi connectivity index (χ1v) is 9.17. The van der Waals surface area contributed by atoms with Gasteiger partial charge in [-0.3, -0.25) is 4.79 Å². The van der Waals surface area contributed by atoms with Crippen molar-refractivity contribution in [3.8, 4) is 11.8 Å². The van der Waals surface area contributed by atoms with Crippen LogP contribution in [-0.2, 0) is 11.3 Å². The molecule has 4 nitrogen and oxygen atoms in total. The third kappa shape index (κ3) is 3.93. The Hall–Kier alpha value is -3.10. The van der Waals surface area contributed by atoms with Gasteiger partial charge >= 0.3 is 0 Å². The van der Waals surface area contributed by atoms with Crippen LogP contribution in [-0.4, -0.2) is 12.5 Å². The fourth-order valence-electron chi connectivity index (χ4n) is 2.67. The molecule has 5 heteroatoms. The van der Waals surface area contributed by atoms with E-state index in [1.165, 1.54) is 0 Å². The second kappa shape index (κ2) is 8.32. The summed E-state index contributed by atoms with van der Waals surface area (Å²) in [7, 11) is 0. The maximum Gasteiger partial charge on any atom is 0.262 e. The van der Waals surface area contributed by atoms with Gasteiger partial charge in [0.15, 0.2) is 0 Å². The van der Waals surface area contributed by atoms with Gasteiger partial charge < -0.3 is 10.1 Å². The molecule has 0 bridgehead atoms. The molecule has 0 aliphatic heterocycles. The first-order chi connectivity index (χ1) is 12.7. The molecule has 0 fully saturated rings. The number of nitriles is 1. The van der Waals surface area contributed by atoms with Crippen LogP contribution in [0.3, 0.4) is 0 Å². The van der Waals surface area contributed by atoms with E-state index in [9.17, 15) is 10.1 Å². The molecular formula is C21H18N2O2S. The third-order valence-corrected chi connectivity index (χ3v) is 4.76. The summed E-state index contributed by atoms with van der Waals surface area (Å²) in [6.07, 6.45) is 1.61. The molecule has 3 aromatic rings. The van der Waals surface area contributed by atoms with Crippen LogP contribution in [0.1, 0.15) is 17.4 Å². The number of fused-ring (bicyclic) bond motifs is 1. The van der Waals surface area contributed by atoms with Gasteiger partial charge in [-0.05, 0) is 41.3 Å². The van der Waals surface area contributed by atoms with E-state index in [4.69, 9.17) is 4.74 Å². The van der Waals surface area contributed by atoms with Gasteiger partial charge in [-0.25, -0.2) is 0 Å². The van der Waals surface area contributed by atoms with Gasteiger partial charge in [0.2, 0.25) is 0 Å². The normalized spacial score (nSPS) is 11.2. The summed E-state index contributed by atoms with van der Waals surface area (Å²) < 4.78 is 5.71. The number of rotatable bonds is 6. The minimum atomic E-state index is -0.392. The number of amides is 1. The molecule has 0 aliphatic carbocycles. The molecule has 26 heavy (non-hydrogen) atoms. The number of hydrogen-bond donors (Lipinski definition) is 1. The molecular weight excluding hydrogens is 344 g/mol. The lowest BCUT2D eigenvalue weighted by molar-refractivity contribution is -0.117. The van der Waals surface area contributed by atoms with Crippen LogP contribution in [0.5, 0.6) is 5.75 Å². The number of benzene rings is 2. The van der Waals surface area contributed by atoms with Crippen molar-refractivity contribution in [2.24, 2.45) is 0 Å². The average molecular weight is 362 g/mol. The van der Waals surface area contributed by atoms with E-state index in [0.29, 0.717) is 18.9 Å². The van der Waals surface area contributed by atoms with Crippen molar-refractivity contribution in [3.05, 3.63) is 69.9 Å². The van der Waals surface area contributed by atoms with Crippen LogP contribution >= 0.6 is 11.3 Å². The number of carbonyl (C=O) groups excluding carboxylic acids is 1. The number of thiophene rings is 1. The third-order valence-electron chi connectivity index (χ3n) is 3.89. The van der Waals surface area contributed by atoms with Crippen molar-refractivity contribution in [2.75, 3.05) is 6.61 Å². The van der Waals surface area contributed by atoms with E-state index >= 15 is 0 Å².